The molecule has 1 atom stereocenters. The second-order valence-corrected chi connectivity index (χ2v) is 3.84. The number of nitrogens with zero attached hydrogens (tertiary/aromatic N) is 1. The quantitative estimate of drug-likeness (QED) is 0.676. The third-order valence-electron chi connectivity index (χ3n) is 2.51. The zero-order chi connectivity index (χ0) is 10.7. The molecule has 80 valence electrons. The van der Waals surface area contributed by atoms with E-state index in [0.29, 0.717) is 24.7 Å². The Morgan fingerprint density at radius 3 is 2.57 bits per heavy atom. The number of nitrogens with one attached hydrogen (secondary N) is 1. The number of halogens is 1. The van der Waals surface area contributed by atoms with Gasteiger partial charge in [-0.2, -0.15) is 0 Å². The van der Waals surface area contributed by atoms with Crippen molar-refractivity contribution in [2.24, 2.45) is 0 Å². The Morgan fingerprint density at radius 1 is 1.50 bits per heavy atom. The fourth-order valence-electron chi connectivity index (χ4n) is 1.53. The predicted molar refractivity (Wildman–Crippen MR) is 53.5 cm³/mol. The van der Waals surface area contributed by atoms with Crippen molar-refractivity contribution in [2.45, 2.75) is 26.3 Å². The van der Waals surface area contributed by atoms with E-state index in [0.717, 1.165) is 6.42 Å². The standard InChI is InChI=1S/C10H17FN2O/c1-7(2)9(11)10(14)13-5-4-8(6-13)12-3/h8,12H,4-6H2,1-3H3. The van der Waals surface area contributed by atoms with Crippen molar-refractivity contribution in [1.82, 2.24) is 10.2 Å². The van der Waals surface area contributed by atoms with E-state index in [1.165, 1.54) is 0 Å². The molecule has 1 saturated heterocycles. The lowest BCUT2D eigenvalue weighted by molar-refractivity contribution is -0.127. The first-order chi connectivity index (χ1) is 6.56. The number of carbonyl (C=O) groups excluding carboxylic acids is 1. The van der Waals surface area contributed by atoms with E-state index in [-0.39, 0.29) is 0 Å². The fraction of sp³-hybridized carbons (Fsp3) is 0.700. The third kappa shape index (κ3) is 2.32. The van der Waals surface area contributed by atoms with Crippen molar-refractivity contribution < 1.29 is 9.18 Å². The molecule has 3 nitrogen and oxygen atoms in total. The molecule has 0 aromatic heterocycles. The van der Waals surface area contributed by atoms with E-state index >= 15 is 0 Å². The van der Waals surface area contributed by atoms with Crippen molar-refractivity contribution in [3.05, 3.63) is 11.4 Å². The van der Waals surface area contributed by atoms with Crippen molar-refractivity contribution >= 4 is 5.91 Å². The van der Waals surface area contributed by atoms with Crippen LogP contribution in [0.3, 0.4) is 0 Å². The van der Waals surface area contributed by atoms with Crippen LogP contribution in [0, 0.1) is 0 Å². The maximum absolute atomic E-state index is 13.3. The summed E-state index contributed by atoms with van der Waals surface area (Å²) in [7, 11) is 1.86. The summed E-state index contributed by atoms with van der Waals surface area (Å²) in [5, 5.41) is 3.08. The number of rotatable bonds is 2. The van der Waals surface area contributed by atoms with Gasteiger partial charge in [0.2, 0.25) is 0 Å². The average molecular weight is 200 g/mol. The average Bonchev–Trinajstić information content (AvgIpc) is 2.63. The Morgan fingerprint density at radius 2 is 2.14 bits per heavy atom. The molecule has 1 unspecified atom stereocenters. The van der Waals surface area contributed by atoms with Gasteiger partial charge in [-0.3, -0.25) is 4.79 Å². The summed E-state index contributed by atoms with van der Waals surface area (Å²) in [6, 6.07) is 0.309. The Kier molecular flexibility index (Phi) is 3.63. The van der Waals surface area contributed by atoms with E-state index in [1.54, 1.807) is 18.7 Å². The van der Waals surface area contributed by atoms with Gasteiger partial charge in [-0.15, -0.1) is 0 Å². The summed E-state index contributed by atoms with van der Waals surface area (Å²) in [6.45, 7) is 4.47. The smallest absolute Gasteiger partial charge is 0.282 e. The van der Waals surface area contributed by atoms with Crippen LogP contribution in [-0.2, 0) is 4.79 Å². The van der Waals surface area contributed by atoms with Crippen molar-refractivity contribution in [3.8, 4) is 0 Å². The molecule has 0 bridgehead atoms. The number of hydrogen-bond donors (Lipinski definition) is 1. The summed E-state index contributed by atoms with van der Waals surface area (Å²) in [5.74, 6) is -1.08. The van der Waals surface area contributed by atoms with Crippen LogP contribution in [0.4, 0.5) is 4.39 Å². The van der Waals surface area contributed by atoms with Crippen molar-refractivity contribution in [1.29, 1.82) is 0 Å². The van der Waals surface area contributed by atoms with Crippen LogP contribution in [0.25, 0.3) is 0 Å². The van der Waals surface area contributed by atoms with Crippen LogP contribution in [-0.4, -0.2) is 37.0 Å². The SMILES string of the molecule is CNC1CCN(C(=O)C(F)=C(C)C)C1. The summed E-state index contributed by atoms with van der Waals surface area (Å²) in [4.78, 5) is 13.1. The lowest BCUT2D eigenvalue weighted by atomic mass is 10.3. The van der Waals surface area contributed by atoms with Gasteiger partial charge in [0, 0.05) is 19.1 Å². The minimum absolute atomic E-state index is 0.309. The molecule has 1 fully saturated rings. The van der Waals surface area contributed by atoms with Gasteiger partial charge in [0.15, 0.2) is 5.83 Å². The molecule has 0 spiro atoms. The van der Waals surface area contributed by atoms with Gasteiger partial charge in [0.1, 0.15) is 0 Å². The van der Waals surface area contributed by atoms with E-state index < -0.39 is 11.7 Å². The fourth-order valence-corrected chi connectivity index (χ4v) is 1.53. The maximum atomic E-state index is 13.3. The molecule has 0 radical (unpaired) electrons. The number of likely N-dealkylation sites (N-methyl/N-ethyl adjacent to an activating group) is 1. The second-order valence-electron chi connectivity index (χ2n) is 3.84. The van der Waals surface area contributed by atoms with Crippen LogP contribution >= 0.6 is 0 Å². The van der Waals surface area contributed by atoms with Gasteiger partial charge in [-0.25, -0.2) is 4.39 Å². The molecular formula is C10H17FN2O. The molecule has 1 aliphatic heterocycles. The molecule has 1 aliphatic rings. The second kappa shape index (κ2) is 4.55. The van der Waals surface area contributed by atoms with E-state index in [4.69, 9.17) is 0 Å². The van der Waals surface area contributed by atoms with Crippen LogP contribution in [0.15, 0.2) is 11.4 Å². The maximum Gasteiger partial charge on any atom is 0.282 e. The summed E-state index contributed by atoms with van der Waals surface area (Å²) in [5.41, 5.74) is 0.447. The minimum Gasteiger partial charge on any atom is -0.335 e. The first-order valence-corrected chi connectivity index (χ1v) is 4.85. The summed E-state index contributed by atoms with van der Waals surface area (Å²) < 4.78 is 13.3. The highest BCUT2D eigenvalue weighted by Gasteiger charge is 2.27. The van der Waals surface area contributed by atoms with E-state index in [9.17, 15) is 9.18 Å². The first kappa shape index (κ1) is 11.2. The third-order valence-corrected chi connectivity index (χ3v) is 2.51. The molecule has 0 aliphatic carbocycles. The van der Waals surface area contributed by atoms with Gasteiger partial charge >= 0.3 is 0 Å². The van der Waals surface area contributed by atoms with Gasteiger partial charge in [0.25, 0.3) is 5.91 Å². The Labute approximate surface area is 84.0 Å². The number of likely N-dealkylation sites (tertiary alicyclic amines) is 1. The highest BCUT2D eigenvalue weighted by molar-refractivity contribution is 5.92. The van der Waals surface area contributed by atoms with Gasteiger partial charge in [-0.1, -0.05) is 0 Å². The molecule has 1 heterocycles. The topological polar surface area (TPSA) is 32.3 Å². The zero-order valence-electron chi connectivity index (χ0n) is 8.93. The molecule has 0 saturated carbocycles. The molecule has 1 amide bonds. The van der Waals surface area contributed by atoms with Crippen molar-refractivity contribution in [2.75, 3.05) is 20.1 Å². The van der Waals surface area contributed by atoms with E-state index in [1.807, 2.05) is 7.05 Å². The highest BCUT2D eigenvalue weighted by atomic mass is 19.1. The van der Waals surface area contributed by atoms with Crippen LogP contribution in [0.5, 0.6) is 0 Å². The van der Waals surface area contributed by atoms with Gasteiger partial charge < -0.3 is 10.2 Å². The number of allylic oxidation sites excluding steroid dienone is 1. The lowest BCUT2D eigenvalue weighted by Gasteiger charge is -2.15. The molecule has 4 heteroatoms. The molecule has 14 heavy (non-hydrogen) atoms. The Balaban J connectivity index is 2.60. The molecular weight excluding hydrogens is 183 g/mol. The predicted octanol–water partition coefficient (Wildman–Crippen LogP) is 1.07. The normalized spacial score (nSPS) is 21.1. The molecule has 1 rings (SSSR count). The van der Waals surface area contributed by atoms with Crippen LogP contribution in [0.2, 0.25) is 0 Å². The summed E-state index contributed by atoms with van der Waals surface area (Å²) >= 11 is 0. The Bertz CT molecular complexity index is 259. The monoisotopic (exact) mass is 200 g/mol. The first-order valence-electron chi connectivity index (χ1n) is 4.85. The summed E-state index contributed by atoms with van der Waals surface area (Å²) in [6.07, 6.45) is 0.901. The largest absolute Gasteiger partial charge is 0.335 e. The number of carbonyl (C=O) groups is 1. The number of amides is 1. The molecule has 0 aromatic carbocycles. The van der Waals surface area contributed by atoms with Gasteiger partial charge in [0.05, 0.1) is 0 Å². The molecule has 1 N–H and O–H groups in total. The molecule has 0 aromatic rings. The van der Waals surface area contributed by atoms with Gasteiger partial charge in [-0.05, 0) is 32.9 Å². The van der Waals surface area contributed by atoms with Crippen LogP contribution in [0.1, 0.15) is 20.3 Å². The van der Waals surface area contributed by atoms with E-state index in [2.05, 4.69) is 5.32 Å². The zero-order valence-corrected chi connectivity index (χ0v) is 8.93. The minimum atomic E-state index is -0.609. The lowest BCUT2D eigenvalue weighted by Crippen LogP contribution is -2.33. The Hall–Kier alpha value is -0.900. The van der Waals surface area contributed by atoms with Crippen molar-refractivity contribution in [3.63, 3.8) is 0 Å². The number of hydrogen-bond acceptors (Lipinski definition) is 2. The van der Waals surface area contributed by atoms with Crippen LogP contribution < -0.4 is 5.32 Å². The highest BCUT2D eigenvalue weighted by Crippen LogP contribution is 2.15.